The molecule has 0 fully saturated rings. The molecule has 0 radical (unpaired) electrons. The molecule has 21 heavy (non-hydrogen) atoms. The molecule has 4 nitrogen and oxygen atoms in total. The number of hydrogen-bond acceptors (Lipinski definition) is 2. The fraction of sp³-hybridized carbons (Fsp3) is 0.143. The van der Waals surface area contributed by atoms with E-state index in [4.69, 9.17) is 12.4 Å². The minimum Gasteiger partial charge on any atom is -0.337 e. The lowest BCUT2D eigenvalue weighted by Gasteiger charge is -2.14. The Hall–Kier alpha value is -2.75. The van der Waals surface area contributed by atoms with E-state index < -0.39 is 23.0 Å². The van der Waals surface area contributed by atoms with Crippen LogP contribution in [0.1, 0.15) is 11.1 Å². The fourth-order valence-electron chi connectivity index (χ4n) is 1.88. The second kappa shape index (κ2) is 4.98. The van der Waals surface area contributed by atoms with Gasteiger partial charge >= 0.3 is 6.18 Å². The molecule has 0 aliphatic carbocycles. The third kappa shape index (κ3) is 2.60. The van der Waals surface area contributed by atoms with Crippen molar-refractivity contribution in [3.8, 4) is 11.3 Å². The van der Waals surface area contributed by atoms with Gasteiger partial charge in [0, 0.05) is 5.56 Å². The highest BCUT2D eigenvalue weighted by molar-refractivity contribution is 5.66. The predicted octanol–water partition coefficient (Wildman–Crippen LogP) is 3.11. The molecule has 1 aromatic heterocycles. The zero-order valence-corrected chi connectivity index (χ0v) is 10.9. The molecule has 108 valence electrons. The molecule has 0 bridgehead atoms. The first-order valence-electron chi connectivity index (χ1n) is 5.82. The molecule has 0 saturated heterocycles. The van der Waals surface area contributed by atoms with E-state index in [9.17, 15) is 18.0 Å². The highest BCUT2D eigenvalue weighted by Crippen LogP contribution is 2.36. The van der Waals surface area contributed by atoms with Crippen LogP contribution in [0.3, 0.4) is 0 Å². The van der Waals surface area contributed by atoms with Crippen molar-refractivity contribution in [2.45, 2.75) is 13.1 Å². The lowest BCUT2D eigenvalue weighted by Crippen LogP contribution is -2.30. The molecule has 0 saturated carbocycles. The summed E-state index contributed by atoms with van der Waals surface area (Å²) >= 11 is 0. The normalized spacial score (nSPS) is 11.2. The highest BCUT2D eigenvalue weighted by atomic mass is 19.4. The summed E-state index contributed by atoms with van der Waals surface area (Å²) < 4.78 is 39.5. The van der Waals surface area contributed by atoms with Crippen LogP contribution in [0.2, 0.25) is 0 Å². The maximum absolute atomic E-state index is 13.0. The Kier molecular flexibility index (Phi) is 3.47. The van der Waals surface area contributed by atoms with Gasteiger partial charge in [-0.3, -0.25) is 4.79 Å². The number of aryl methyl sites for hydroxylation is 1. The van der Waals surface area contributed by atoms with Crippen LogP contribution >= 0.6 is 0 Å². The Bertz CT molecular complexity index is 783. The van der Waals surface area contributed by atoms with Gasteiger partial charge in [0.05, 0.1) is 17.8 Å². The second-order valence-electron chi connectivity index (χ2n) is 4.44. The van der Waals surface area contributed by atoms with Crippen LogP contribution in [0.4, 0.5) is 18.9 Å². The van der Waals surface area contributed by atoms with Crippen molar-refractivity contribution in [1.82, 2.24) is 4.68 Å². The van der Waals surface area contributed by atoms with E-state index in [0.29, 0.717) is 10.2 Å². The van der Waals surface area contributed by atoms with Crippen LogP contribution in [0.15, 0.2) is 35.1 Å². The number of nitrogens with two attached hydrogens (primary N) is 1. The lowest BCUT2D eigenvalue weighted by atomic mass is 10.1. The van der Waals surface area contributed by atoms with Crippen molar-refractivity contribution in [2.24, 2.45) is 0 Å². The third-order valence-electron chi connectivity index (χ3n) is 2.98. The zero-order valence-electron chi connectivity index (χ0n) is 10.9. The lowest BCUT2D eigenvalue weighted by molar-refractivity contribution is -0.136. The first kappa shape index (κ1) is 14.7. The SMILES string of the molecule is [C-]#[N+]c1c(C(F)(F)F)cc(-c2ccc(C)cc2)n(N)c1=O. The summed E-state index contributed by atoms with van der Waals surface area (Å²) in [5, 5.41) is 0. The molecule has 1 aromatic carbocycles. The monoisotopic (exact) mass is 293 g/mol. The molecule has 0 unspecified atom stereocenters. The Labute approximate surface area is 118 Å². The molecule has 0 aliphatic heterocycles. The molecule has 7 heteroatoms. The van der Waals surface area contributed by atoms with Crippen molar-refractivity contribution in [2.75, 3.05) is 5.84 Å². The maximum Gasteiger partial charge on any atom is 0.407 e. The van der Waals surface area contributed by atoms with E-state index in [0.717, 1.165) is 11.6 Å². The zero-order chi connectivity index (χ0) is 15.8. The van der Waals surface area contributed by atoms with E-state index in [1.54, 1.807) is 24.3 Å². The number of alkyl halides is 3. The Morgan fingerprint density at radius 1 is 1.24 bits per heavy atom. The molecular formula is C14H10F3N3O. The molecule has 0 aliphatic rings. The van der Waals surface area contributed by atoms with Crippen LogP contribution < -0.4 is 11.4 Å². The van der Waals surface area contributed by atoms with E-state index in [1.807, 2.05) is 6.92 Å². The number of hydrogen-bond donors (Lipinski definition) is 1. The quantitative estimate of drug-likeness (QED) is 0.649. The average molecular weight is 293 g/mol. The van der Waals surface area contributed by atoms with E-state index >= 15 is 0 Å². The van der Waals surface area contributed by atoms with Gasteiger partial charge in [-0.15, -0.1) is 0 Å². The van der Waals surface area contributed by atoms with Crippen LogP contribution in [-0.4, -0.2) is 4.68 Å². The van der Waals surface area contributed by atoms with Gasteiger partial charge in [0.2, 0.25) is 0 Å². The molecule has 2 aromatic rings. The van der Waals surface area contributed by atoms with Crippen molar-refractivity contribution >= 4 is 5.69 Å². The molecule has 0 amide bonds. The third-order valence-corrected chi connectivity index (χ3v) is 2.98. The largest absolute Gasteiger partial charge is 0.407 e. The molecular weight excluding hydrogens is 283 g/mol. The summed E-state index contributed by atoms with van der Waals surface area (Å²) in [4.78, 5) is 14.5. The predicted molar refractivity (Wildman–Crippen MR) is 72.3 cm³/mol. The van der Waals surface area contributed by atoms with Gasteiger partial charge in [-0.25, -0.2) is 9.52 Å². The summed E-state index contributed by atoms with van der Waals surface area (Å²) in [7, 11) is 0. The summed E-state index contributed by atoms with van der Waals surface area (Å²) in [5.41, 5.74) is -2.29. The molecule has 1 heterocycles. The summed E-state index contributed by atoms with van der Waals surface area (Å²) in [6, 6.07) is 7.22. The maximum atomic E-state index is 13.0. The van der Waals surface area contributed by atoms with Crippen molar-refractivity contribution in [1.29, 1.82) is 0 Å². The first-order valence-corrected chi connectivity index (χ1v) is 5.82. The number of nitrogens with zero attached hydrogens (tertiary/aromatic N) is 2. The topological polar surface area (TPSA) is 52.4 Å². The minimum absolute atomic E-state index is 0.0975. The van der Waals surface area contributed by atoms with Gasteiger partial charge in [0.25, 0.3) is 11.2 Å². The molecule has 0 spiro atoms. The van der Waals surface area contributed by atoms with E-state index in [1.165, 1.54) is 0 Å². The number of nitrogen functional groups attached to an aromatic ring is 1. The molecule has 2 N–H and O–H groups in total. The number of aromatic nitrogens is 1. The van der Waals surface area contributed by atoms with Gasteiger partial charge in [0.1, 0.15) is 0 Å². The summed E-state index contributed by atoms with van der Waals surface area (Å²) in [6.07, 6.45) is -4.80. The summed E-state index contributed by atoms with van der Waals surface area (Å²) in [5.74, 6) is 5.53. The number of benzene rings is 1. The van der Waals surface area contributed by atoms with Gasteiger partial charge in [-0.2, -0.15) is 13.2 Å². The van der Waals surface area contributed by atoms with Crippen molar-refractivity contribution in [3.05, 3.63) is 63.2 Å². The van der Waals surface area contributed by atoms with E-state index in [-0.39, 0.29) is 5.69 Å². The fourth-order valence-corrected chi connectivity index (χ4v) is 1.88. The number of pyridine rings is 1. The van der Waals surface area contributed by atoms with Crippen LogP contribution in [0.5, 0.6) is 0 Å². The van der Waals surface area contributed by atoms with Crippen LogP contribution in [0, 0.1) is 13.5 Å². The Morgan fingerprint density at radius 3 is 2.29 bits per heavy atom. The number of halogens is 3. The molecule has 0 atom stereocenters. The van der Waals surface area contributed by atoms with Crippen LogP contribution in [0.25, 0.3) is 16.1 Å². The van der Waals surface area contributed by atoms with Crippen LogP contribution in [-0.2, 0) is 6.18 Å². The Balaban J connectivity index is 2.80. The standard InChI is InChI=1S/C14H10F3N3O/c1-8-3-5-9(6-4-8)11-7-10(14(15,16)17)12(19-2)13(21)20(11)18/h3-7H,18H2,1H3. The smallest absolute Gasteiger partial charge is 0.337 e. The highest BCUT2D eigenvalue weighted by Gasteiger charge is 2.36. The van der Waals surface area contributed by atoms with Gasteiger partial charge < -0.3 is 5.84 Å². The van der Waals surface area contributed by atoms with E-state index in [2.05, 4.69) is 4.85 Å². The van der Waals surface area contributed by atoms with Crippen molar-refractivity contribution in [3.63, 3.8) is 0 Å². The van der Waals surface area contributed by atoms with Crippen molar-refractivity contribution < 1.29 is 13.2 Å². The average Bonchev–Trinajstić information content (AvgIpc) is 2.41. The van der Waals surface area contributed by atoms with Gasteiger partial charge in [0.15, 0.2) is 0 Å². The first-order chi connectivity index (χ1) is 9.75. The molecule has 2 rings (SSSR count). The minimum atomic E-state index is -4.80. The van der Waals surface area contributed by atoms with Gasteiger partial charge in [-0.1, -0.05) is 29.8 Å². The van der Waals surface area contributed by atoms with Gasteiger partial charge in [-0.05, 0) is 13.0 Å². The Morgan fingerprint density at radius 2 is 1.81 bits per heavy atom. The second-order valence-corrected chi connectivity index (χ2v) is 4.44. The summed E-state index contributed by atoms with van der Waals surface area (Å²) in [6.45, 7) is 8.58. The number of rotatable bonds is 1.